The van der Waals surface area contributed by atoms with Crippen LogP contribution in [0.1, 0.15) is 17.5 Å². The summed E-state index contributed by atoms with van der Waals surface area (Å²) in [6.45, 7) is 0.383. The Bertz CT molecular complexity index is 941. The Balaban J connectivity index is 0.00000341. The highest BCUT2D eigenvalue weighted by atomic mass is 35.5. The molecule has 0 radical (unpaired) electrons. The lowest BCUT2D eigenvalue weighted by molar-refractivity contribution is 0.0674. The fraction of sp³-hybridized carbons (Fsp3) is 0.250. The van der Waals surface area contributed by atoms with Gasteiger partial charge in [0.1, 0.15) is 18.6 Å². The highest BCUT2D eigenvalue weighted by molar-refractivity contribution is 7.99. The Kier molecular flexibility index (Phi) is 10.7. The molecule has 3 rings (SSSR count). The number of aliphatic hydroxyl groups is 2. The smallest absolute Gasteiger partial charge is 0.120 e. The van der Waals surface area contributed by atoms with Gasteiger partial charge in [0.25, 0.3) is 0 Å². The second-order valence-corrected chi connectivity index (χ2v) is 8.63. The predicted molar refractivity (Wildman–Crippen MR) is 129 cm³/mol. The van der Waals surface area contributed by atoms with Gasteiger partial charge in [0.15, 0.2) is 0 Å². The van der Waals surface area contributed by atoms with Gasteiger partial charge in [-0.15, -0.1) is 12.4 Å². The third-order valence-corrected chi connectivity index (χ3v) is 6.15. The molecule has 0 saturated carbocycles. The van der Waals surface area contributed by atoms with E-state index in [1.165, 1.54) is 0 Å². The number of aliphatic hydroxyl groups excluding tert-OH is 2. The summed E-state index contributed by atoms with van der Waals surface area (Å²) in [7, 11) is 0. The monoisotopic (exact) mass is 479 g/mol. The van der Waals surface area contributed by atoms with Crippen LogP contribution in [-0.4, -0.2) is 23.0 Å². The summed E-state index contributed by atoms with van der Waals surface area (Å²) in [6.07, 6.45) is 0.188. The zero-order chi connectivity index (χ0) is 21.3. The van der Waals surface area contributed by atoms with Crippen LogP contribution in [0, 0.1) is 5.92 Å². The van der Waals surface area contributed by atoms with Gasteiger partial charge in [0.05, 0.1) is 0 Å². The molecule has 0 fully saturated rings. The first kappa shape index (κ1) is 25.5. The Labute approximate surface area is 198 Å². The van der Waals surface area contributed by atoms with Gasteiger partial charge < -0.3 is 20.7 Å². The van der Waals surface area contributed by atoms with Crippen LogP contribution in [0.4, 0.5) is 0 Å². The maximum Gasteiger partial charge on any atom is 0.120 e. The van der Waals surface area contributed by atoms with Gasteiger partial charge in [-0.05, 0) is 54.3 Å². The molecule has 7 heteroatoms. The van der Waals surface area contributed by atoms with Crippen LogP contribution in [0.25, 0.3) is 0 Å². The molecule has 166 valence electrons. The minimum Gasteiger partial charge on any atom is -0.489 e. The molecule has 0 bridgehead atoms. The summed E-state index contributed by atoms with van der Waals surface area (Å²) in [5.41, 5.74) is 7.58. The van der Waals surface area contributed by atoms with Crippen molar-refractivity contribution < 1.29 is 14.9 Å². The summed E-state index contributed by atoms with van der Waals surface area (Å²) in [5, 5.41) is 19.4. The lowest BCUT2D eigenvalue weighted by atomic mass is 9.99. The van der Waals surface area contributed by atoms with Gasteiger partial charge >= 0.3 is 0 Å². The Morgan fingerprint density at radius 2 is 1.71 bits per heavy atom. The maximum atomic E-state index is 9.46. The summed E-state index contributed by atoms with van der Waals surface area (Å²) < 4.78 is 5.91. The zero-order valence-electron chi connectivity index (χ0n) is 17.0. The minimum atomic E-state index is -1.03. The van der Waals surface area contributed by atoms with E-state index in [0.29, 0.717) is 24.5 Å². The van der Waals surface area contributed by atoms with E-state index in [-0.39, 0.29) is 24.9 Å². The minimum absolute atomic E-state index is 0. The molecule has 0 aromatic heterocycles. The molecule has 2 atom stereocenters. The summed E-state index contributed by atoms with van der Waals surface area (Å²) in [6, 6.07) is 24.0. The number of ether oxygens (including phenoxy) is 1. The number of aryl methyl sites for hydroxylation is 1. The van der Waals surface area contributed by atoms with E-state index in [9.17, 15) is 10.2 Å². The second kappa shape index (κ2) is 13.0. The number of halogens is 2. The lowest BCUT2D eigenvalue weighted by Gasteiger charge is -2.17. The van der Waals surface area contributed by atoms with Gasteiger partial charge in [-0.1, -0.05) is 65.8 Å². The van der Waals surface area contributed by atoms with Crippen LogP contribution >= 0.6 is 35.8 Å². The van der Waals surface area contributed by atoms with Gasteiger partial charge in [-0.3, -0.25) is 0 Å². The predicted octanol–water partition coefficient (Wildman–Crippen LogP) is 5.31. The first-order valence-electron chi connectivity index (χ1n) is 9.82. The second-order valence-electron chi connectivity index (χ2n) is 7.08. The number of rotatable bonds is 10. The van der Waals surface area contributed by atoms with Crippen LogP contribution in [0.5, 0.6) is 5.75 Å². The molecule has 0 heterocycles. The molecule has 0 aliphatic heterocycles. The van der Waals surface area contributed by atoms with E-state index in [0.717, 1.165) is 26.7 Å². The van der Waals surface area contributed by atoms with Crippen LogP contribution in [-0.2, 0) is 13.0 Å². The molecule has 0 aliphatic rings. The Morgan fingerprint density at radius 1 is 0.968 bits per heavy atom. The molecule has 2 unspecified atom stereocenters. The average molecular weight is 480 g/mol. The van der Waals surface area contributed by atoms with Crippen molar-refractivity contribution in [3.05, 3.63) is 88.9 Å². The van der Waals surface area contributed by atoms with Crippen molar-refractivity contribution in [1.82, 2.24) is 0 Å². The number of hydrogen-bond acceptors (Lipinski definition) is 5. The van der Waals surface area contributed by atoms with Crippen molar-refractivity contribution in [3.8, 4) is 5.75 Å². The number of hydrogen-bond donors (Lipinski definition) is 3. The molecule has 0 saturated heterocycles. The van der Waals surface area contributed by atoms with Crippen molar-refractivity contribution in [2.24, 2.45) is 11.7 Å². The summed E-state index contributed by atoms with van der Waals surface area (Å²) >= 11 is 8.07. The van der Waals surface area contributed by atoms with E-state index < -0.39 is 6.23 Å². The molecule has 4 nitrogen and oxygen atoms in total. The SMILES string of the molecule is Cl.NC(O)C(CO)CCc1ccc(Sc2cccc(OCc3ccccc3)c2)cc1Cl. The third kappa shape index (κ3) is 8.04. The van der Waals surface area contributed by atoms with Crippen LogP contribution in [0.2, 0.25) is 5.02 Å². The highest BCUT2D eigenvalue weighted by Crippen LogP contribution is 2.33. The first-order valence-corrected chi connectivity index (χ1v) is 11.0. The van der Waals surface area contributed by atoms with Crippen LogP contribution < -0.4 is 10.5 Å². The van der Waals surface area contributed by atoms with Crippen LogP contribution in [0.3, 0.4) is 0 Å². The van der Waals surface area contributed by atoms with Crippen molar-refractivity contribution in [2.75, 3.05) is 6.61 Å². The van der Waals surface area contributed by atoms with Crippen LogP contribution in [0.15, 0.2) is 82.6 Å². The van der Waals surface area contributed by atoms with E-state index in [2.05, 4.69) is 0 Å². The molecule has 3 aromatic carbocycles. The largest absolute Gasteiger partial charge is 0.489 e. The molecule has 4 N–H and O–H groups in total. The maximum absolute atomic E-state index is 9.46. The van der Waals surface area contributed by atoms with Crippen molar-refractivity contribution in [1.29, 1.82) is 0 Å². The molecular formula is C24H27Cl2NO3S. The summed E-state index contributed by atoms with van der Waals surface area (Å²) in [4.78, 5) is 2.09. The molecule has 3 aromatic rings. The zero-order valence-corrected chi connectivity index (χ0v) is 19.4. The average Bonchev–Trinajstić information content (AvgIpc) is 2.75. The third-order valence-electron chi connectivity index (χ3n) is 4.82. The van der Waals surface area contributed by atoms with E-state index in [4.69, 9.17) is 22.1 Å². The highest BCUT2D eigenvalue weighted by Gasteiger charge is 2.15. The number of nitrogens with two attached hydrogens (primary N) is 1. The standard InChI is InChI=1S/C24H26ClNO3S.ClH/c25-23-14-22(12-11-18(23)9-10-19(15-27)24(26)28)30-21-8-4-7-20(13-21)29-16-17-5-2-1-3-6-17;/h1-8,11-14,19,24,27-28H,9-10,15-16,26H2;1H. The Morgan fingerprint density at radius 3 is 2.39 bits per heavy atom. The van der Waals surface area contributed by atoms with Crippen molar-refractivity contribution in [3.63, 3.8) is 0 Å². The molecular weight excluding hydrogens is 453 g/mol. The summed E-state index contributed by atoms with van der Waals surface area (Å²) in [5.74, 6) is 0.468. The quantitative estimate of drug-likeness (QED) is 0.343. The Hall–Kier alpha value is -1.73. The van der Waals surface area contributed by atoms with E-state index in [1.54, 1.807) is 11.8 Å². The van der Waals surface area contributed by atoms with E-state index in [1.807, 2.05) is 72.8 Å². The van der Waals surface area contributed by atoms with Crippen molar-refractivity contribution >= 4 is 35.8 Å². The van der Waals surface area contributed by atoms with Gasteiger partial charge in [0, 0.05) is 27.3 Å². The normalized spacial score (nSPS) is 12.6. The number of benzene rings is 3. The molecule has 0 amide bonds. The fourth-order valence-corrected chi connectivity index (χ4v) is 4.26. The van der Waals surface area contributed by atoms with Gasteiger partial charge in [-0.25, -0.2) is 0 Å². The van der Waals surface area contributed by atoms with Crippen molar-refractivity contribution in [2.45, 2.75) is 35.5 Å². The fourth-order valence-electron chi connectivity index (χ4n) is 3.01. The molecule has 0 aliphatic carbocycles. The van der Waals surface area contributed by atoms with E-state index >= 15 is 0 Å². The van der Waals surface area contributed by atoms with Gasteiger partial charge in [0.2, 0.25) is 0 Å². The first-order chi connectivity index (χ1) is 14.5. The molecule has 0 spiro atoms. The van der Waals surface area contributed by atoms with Gasteiger partial charge in [-0.2, -0.15) is 0 Å². The topological polar surface area (TPSA) is 75.7 Å². The lowest BCUT2D eigenvalue weighted by Crippen LogP contribution is -2.32. The molecule has 31 heavy (non-hydrogen) atoms.